The number of para-hydroxylation sites is 1. The Morgan fingerprint density at radius 3 is 2.55 bits per heavy atom. The Morgan fingerprint density at radius 1 is 1.00 bits per heavy atom. The van der Waals surface area contributed by atoms with Crippen molar-refractivity contribution in [1.29, 1.82) is 0 Å². The standard InChI is InChI=1S/C38H43ClN8O3S/c1-23(48)46-33(20-42)38(50)47(2)34(18-27-21-44-32-11-4-3-10-29(27)32)36(49)45-22-30-28(25-8-5-7-24(17-25)14-15-40)12-13-31(39)35(30)51-37-26(19-41)9-6-16-43-37/h3-13,16-17,21,33-34,44H,14-15,18-20,22,40-42H2,1-2H3,(H,45,49)(H,46,48)/t33-,34-/m0/s1. The Bertz CT molecular complexity index is 2020. The molecule has 5 rings (SSSR count). The molecule has 0 fully saturated rings. The number of hydrogen-bond acceptors (Lipinski definition) is 8. The zero-order chi connectivity index (χ0) is 36.5. The summed E-state index contributed by atoms with van der Waals surface area (Å²) in [6.45, 7) is 2.07. The van der Waals surface area contributed by atoms with E-state index in [9.17, 15) is 14.4 Å². The molecule has 0 aliphatic rings. The van der Waals surface area contributed by atoms with E-state index in [1.165, 1.54) is 23.6 Å². The highest BCUT2D eigenvalue weighted by Gasteiger charge is 2.32. The number of amides is 3. The molecule has 0 radical (unpaired) electrons. The van der Waals surface area contributed by atoms with Gasteiger partial charge in [0, 0.05) is 68.2 Å². The second-order valence-electron chi connectivity index (χ2n) is 12.2. The molecule has 0 saturated carbocycles. The quantitative estimate of drug-likeness (QED) is 0.0930. The number of nitrogens with zero attached hydrogens (tertiary/aromatic N) is 2. The number of aromatic nitrogens is 2. The number of likely N-dealkylation sites (N-methyl/N-ethyl adjacent to an activating group) is 1. The van der Waals surface area contributed by atoms with Gasteiger partial charge in [-0.15, -0.1) is 0 Å². The molecule has 13 heteroatoms. The van der Waals surface area contributed by atoms with Crippen molar-refractivity contribution >= 4 is 52.0 Å². The summed E-state index contributed by atoms with van der Waals surface area (Å²) in [5.74, 6) is -1.27. The predicted octanol–water partition coefficient (Wildman–Crippen LogP) is 4.14. The van der Waals surface area contributed by atoms with Gasteiger partial charge in [-0.05, 0) is 64.5 Å². The molecule has 2 aromatic heterocycles. The number of aromatic amines is 1. The number of fused-ring (bicyclic) bond motifs is 1. The number of carbonyl (C=O) groups is 3. The van der Waals surface area contributed by atoms with Crippen LogP contribution in [0.4, 0.5) is 0 Å². The Hall–Kier alpha value is -4.72. The molecular formula is C38H43ClN8O3S. The van der Waals surface area contributed by atoms with Crippen molar-refractivity contribution in [3.8, 4) is 11.1 Å². The molecule has 51 heavy (non-hydrogen) atoms. The summed E-state index contributed by atoms with van der Waals surface area (Å²) >= 11 is 8.30. The number of halogens is 1. The lowest BCUT2D eigenvalue weighted by molar-refractivity contribution is -0.141. The normalized spacial score (nSPS) is 12.4. The third-order valence-electron chi connectivity index (χ3n) is 8.71. The maximum absolute atomic E-state index is 14.4. The van der Waals surface area contributed by atoms with Crippen molar-refractivity contribution in [2.45, 2.75) is 54.9 Å². The van der Waals surface area contributed by atoms with Gasteiger partial charge in [0.25, 0.3) is 0 Å². The van der Waals surface area contributed by atoms with Crippen molar-refractivity contribution < 1.29 is 14.4 Å². The number of pyridine rings is 1. The minimum absolute atomic E-state index is 0.0847. The van der Waals surface area contributed by atoms with E-state index < -0.39 is 29.8 Å². The fourth-order valence-corrected chi connectivity index (χ4v) is 7.41. The summed E-state index contributed by atoms with van der Waals surface area (Å²) in [5.41, 5.74) is 24.1. The Balaban J connectivity index is 1.54. The third kappa shape index (κ3) is 8.96. The molecule has 266 valence electrons. The number of H-pyrrole nitrogens is 1. The van der Waals surface area contributed by atoms with E-state index in [-0.39, 0.29) is 19.5 Å². The van der Waals surface area contributed by atoms with Crippen LogP contribution in [0.5, 0.6) is 0 Å². The second-order valence-corrected chi connectivity index (χ2v) is 13.6. The monoisotopic (exact) mass is 726 g/mol. The molecule has 0 aliphatic heterocycles. The van der Waals surface area contributed by atoms with Gasteiger partial charge in [0.05, 0.1) is 5.02 Å². The average molecular weight is 727 g/mol. The summed E-state index contributed by atoms with van der Waals surface area (Å²) in [4.78, 5) is 49.9. The summed E-state index contributed by atoms with van der Waals surface area (Å²) in [7, 11) is 1.55. The molecule has 3 amide bonds. The fourth-order valence-electron chi connectivity index (χ4n) is 6.06. The highest BCUT2D eigenvalue weighted by Crippen LogP contribution is 2.41. The van der Waals surface area contributed by atoms with Crippen LogP contribution in [0.1, 0.15) is 29.2 Å². The van der Waals surface area contributed by atoms with Gasteiger partial charge in [-0.2, -0.15) is 0 Å². The molecule has 3 aromatic carbocycles. The van der Waals surface area contributed by atoms with Gasteiger partial charge in [0.2, 0.25) is 17.7 Å². The van der Waals surface area contributed by atoms with E-state index in [1.807, 2.05) is 72.9 Å². The Kier molecular flexibility index (Phi) is 12.9. The average Bonchev–Trinajstić information content (AvgIpc) is 3.55. The molecule has 0 bridgehead atoms. The first-order valence-electron chi connectivity index (χ1n) is 16.6. The zero-order valence-corrected chi connectivity index (χ0v) is 30.2. The van der Waals surface area contributed by atoms with Crippen LogP contribution in [0.25, 0.3) is 22.0 Å². The highest BCUT2D eigenvalue weighted by molar-refractivity contribution is 7.99. The molecule has 0 saturated heterocycles. The van der Waals surface area contributed by atoms with Crippen molar-refractivity contribution in [3.63, 3.8) is 0 Å². The van der Waals surface area contributed by atoms with Crippen LogP contribution < -0.4 is 27.8 Å². The molecule has 2 heterocycles. The van der Waals surface area contributed by atoms with Crippen LogP contribution in [0.2, 0.25) is 5.02 Å². The summed E-state index contributed by atoms with van der Waals surface area (Å²) < 4.78 is 0. The number of nitrogens with one attached hydrogen (secondary N) is 3. The topological polar surface area (TPSA) is 185 Å². The highest BCUT2D eigenvalue weighted by atomic mass is 35.5. The van der Waals surface area contributed by atoms with Gasteiger partial charge < -0.3 is 37.7 Å². The molecular weight excluding hydrogens is 684 g/mol. The van der Waals surface area contributed by atoms with Crippen LogP contribution in [-0.2, 0) is 40.3 Å². The maximum Gasteiger partial charge on any atom is 0.246 e. The van der Waals surface area contributed by atoms with Crippen molar-refractivity contribution in [2.75, 3.05) is 20.1 Å². The van der Waals surface area contributed by atoms with Gasteiger partial charge in [-0.25, -0.2) is 4.98 Å². The molecule has 0 aliphatic carbocycles. The predicted molar refractivity (Wildman–Crippen MR) is 203 cm³/mol. The lowest BCUT2D eigenvalue weighted by Gasteiger charge is -2.30. The van der Waals surface area contributed by atoms with Gasteiger partial charge >= 0.3 is 0 Å². The van der Waals surface area contributed by atoms with E-state index in [0.29, 0.717) is 29.6 Å². The van der Waals surface area contributed by atoms with Crippen molar-refractivity contribution in [3.05, 3.63) is 112 Å². The number of hydrogen-bond donors (Lipinski definition) is 6. The van der Waals surface area contributed by atoms with E-state index >= 15 is 0 Å². The fraction of sp³-hybridized carbons (Fsp3) is 0.263. The first-order valence-corrected chi connectivity index (χ1v) is 17.8. The Labute approximate surface area is 306 Å². The second kappa shape index (κ2) is 17.5. The summed E-state index contributed by atoms with van der Waals surface area (Å²) in [6.07, 6.45) is 4.46. The summed E-state index contributed by atoms with van der Waals surface area (Å²) in [6, 6.07) is 21.5. The van der Waals surface area contributed by atoms with Crippen LogP contribution in [0.3, 0.4) is 0 Å². The SMILES string of the molecule is CC(=O)N[C@@H](CN)C(=O)N(C)[C@@H](Cc1c[nH]c2ccccc12)C(=O)NCc1c(-c2cccc(CCN)c2)ccc(Cl)c1Sc1ncccc1CN. The maximum atomic E-state index is 14.4. The van der Waals surface area contributed by atoms with Gasteiger partial charge in [-0.1, -0.05) is 78.0 Å². The van der Waals surface area contributed by atoms with Gasteiger partial charge in [0.1, 0.15) is 17.1 Å². The van der Waals surface area contributed by atoms with Crippen molar-refractivity contribution in [2.24, 2.45) is 17.2 Å². The van der Waals surface area contributed by atoms with Gasteiger partial charge in [-0.3, -0.25) is 14.4 Å². The largest absolute Gasteiger partial charge is 0.361 e. The van der Waals surface area contributed by atoms with Crippen LogP contribution in [-0.4, -0.2) is 64.8 Å². The number of carbonyl (C=O) groups excluding carboxylic acids is 3. The minimum Gasteiger partial charge on any atom is -0.361 e. The van der Waals surface area contributed by atoms with E-state index in [1.54, 1.807) is 13.2 Å². The number of benzene rings is 3. The molecule has 5 aromatic rings. The minimum atomic E-state index is -0.996. The van der Waals surface area contributed by atoms with Crippen LogP contribution in [0.15, 0.2) is 95.1 Å². The zero-order valence-electron chi connectivity index (χ0n) is 28.6. The Morgan fingerprint density at radius 2 is 1.80 bits per heavy atom. The van der Waals surface area contributed by atoms with E-state index in [4.69, 9.17) is 28.8 Å². The van der Waals surface area contributed by atoms with E-state index in [0.717, 1.165) is 49.2 Å². The molecule has 0 spiro atoms. The first kappa shape index (κ1) is 37.5. The molecule has 11 nitrogen and oxygen atoms in total. The molecule has 2 atom stereocenters. The lowest BCUT2D eigenvalue weighted by atomic mass is 9.96. The smallest absolute Gasteiger partial charge is 0.246 e. The number of rotatable bonds is 15. The van der Waals surface area contributed by atoms with Crippen LogP contribution in [0, 0.1) is 0 Å². The lowest BCUT2D eigenvalue weighted by Crippen LogP contribution is -2.56. The van der Waals surface area contributed by atoms with E-state index in [2.05, 4.69) is 26.7 Å². The summed E-state index contributed by atoms with van der Waals surface area (Å²) in [5, 5.41) is 7.86. The molecule has 0 unspecified atom stereocenters. The number of nitrogens with two attached hydrogens (primary N) is 3. The van der Waals surface area contributed by atoms with Gasteiger partial charge in [0.15, 0.2) is 0 Å². The third-order valence-corrected chi connectivity index (χ3v) is 10.4. The van der Waals surface area contributed by atoms with Crippen LogP contribution >= 0.6 is 23.4 Å². The van der Waals surface area contributed by atoms with Crippen molar-refractivity contribution in [1.82, 2.24) is 25.5 Å². The first-order chi connectivity index (χ1) is 24.6. The molecule has 9 N–H and O–H groups in total.